The maximum Gasteiger partial charge on any atom is 0.277 e. The fourth-order valence-corrected chi connectivity index (χ4v) is 2.34. The van der Waals surface area contributed by atoms with Crippen LogP contribution in [0.1, 0.15) is 0 Å². The molecule has 0 radical (unpaired) electrons. The van der Waals surface area contributed by atoms with Crippen LogP contribution in [0.2, 0.25) is 0 Å². The lowest BCUT2D eigenvalue weighted by Gasteiger charge is -2.07. The van der Waals surface area contributed by atoms with Crippen LogP contribution in [-0.2, 0) is 0 Å². The molecule has 0 unspecified atom stereocenters. The summed E-state index contributed by atoms with van der Waals surface area (Å²) >= 11 is 0. The van der Waals surface area contributed by atoms with Crippen molar-refractivity contribution in [3.63, 3.8) is 0 Å². The van der Waals surface area contributed by atoms with Crippen LogP contribution in [0.15, 0.2) is 48.5 Å². The molecule has 4 heteroatoms. The molecule has 0 aromatic heterocycles. The molecule has 94 valence electrons. The lowest BCUT2D eigenvalue weighted by atomic mass is 10.0. The second kappa shape index (κ2) is 4.24. The molecule has 0 saturated heterocycles. The molecule has 0 bridgehead atoms. The first-order valence-corrected chi connectivity index (χ1v) is 5.84. The van der Waals surface area contributed by atoms with Crippen molar-refractivity contribution in [1.29, 1.82) is 0 Å². The molecule has 0 amide bonds. The number of hydrogen-bond acceptors (Lipinski definition) is 3. The largest absolute Gasteiger partial charge is 0.497 e. The number of non-ortho nitro benzene ring substituents is 1. The Morgan fingerprint density at radius 3 is 2.42 bits per heavy atom. The molecule has 3 aromatic carbocycles. The Morgan fingerprint density at radius 1 is 1.00 bits per heavy atom. The summed E-state index contributed by atoms with van der Waals surface area (Å²) in [6.07, 6.45) is 0. The Kier molecular flexibility index (Phi) is 2.56. The first kappa shape index (κ1) is 11.5. The Morgan fingerprint density at radius 2 is 1.74 bits per heavy atom. The highest BCUT2D eigenvalue weighted by molar-refractivity contribution is 6.11. The summed E-state index contributed by atoms with van der Waals surface area (Å²) in [4.78, 5) is 10.8. The molecule has 0 spiro atoms. The fraction of sp³-hybridized carbons (Fsp3) is 0.0667. The minimum atomic E-state index is -0.341. The topological polar surface area (TPSA) is 52.4 Å². The van der Waals surface area contributed by atoms with Crippen molar-refractivity contribution in [3.8, 4) is 5.75 Å². The maximum atomic E-state index is 11.2. The summed E-state index contributed by atoms with van der Waals surface area (Å²) in [5, 5.41) is 14.5. The lowest BCUT2D eigenvalue weighted by Crippen LogP contribution is -1.91. The van der Waals surface area contributed by atoms with E-state index in [9.17, 15) is 10.1 Å². The predicted molar refractivity (Wildman–Crippen MR) is 74.7 cm³/mol. The number of nitrogens with zero attached hydrogens (tertiary/aromatic N) is 1. The van der Waals surface area contributed by atoms with Crippen LogP contribution >= 0.6 is 0 Å². The fourth-order valence-electron chi connectivity index (χ4n) is 2.34. The molecular weight excluding hydrogens is 242 g/mol. The van der Waals surface area contributed by atoms with Crippen LogP contribution in [0.5, 0.6) is 5.75 Å². The number of hydrogen-bond donors (Lipinski definition) is 0. The molecule has 0 aliphatic carbocycles. The van der Waals surface area contributed by atoms with Crippen molar-refractivity contribution in [1.82, 2.24) is 0 Å². The number of benzene rings is 3. The first-order chi connectivity index (χ1) is 9.20. The molecular formula is C15H11NO3. The molecule has 4 nitrogen and oxygen atoms in total. The van der Waals surface area contributed by atoms with E-state index in [2.05, 4.69) is 0 Å². The highest BCUT2D eigenvalue weighted by Gasteiger charge is 2.14. The minimum absolute atomic E-state index is 0.133. The third-order valence-electron chi connectivity index (χ3n) is 3.24. The van der Waals surface area contributed by atoms with E-state index in [-0.39, 0.29) is 10.6 Å². The zero-order valence-corrected chi connectivity index (χ0v) is 10.3. The molecule has 0 heterocycles. The van der Waals surface area contributed by atoms with Gasteiger partial charge < -0.3 is 4.74 Å². The van der Waals surface area contributed by atoms with E-state index in [0.717, 1.165) is 21.9 Å². The summed E-state index contributed by atoms with van der Waals surface area (Å²) in [5.41, 5.74) is 0.133. The van der Waals surface area contributed by atoms with Crippen LogP contribution in [0.3, 0.4) is 0 Å². The van der Waals surface area contributed by atoms with E-state index < -0.39 is 0 Å². The van der Waals surface area contributed by atoms with Crippen LogP contribution in [0.25, 0.3) is 21.5 Å². The summed E-state index contributed by atoms with van der Waals surface area (Å²) in [7, 11) is 1.61. The molecule has 0 saturated carbocycles. The number of fused-ring (bicyclic) bond motifs is 3. The van der Waals surface area contributed by atoms with Gasteiger partial charge in [0, 0.05) is 6.07 Å². The Hall–Kier alpha value is -2.62. The van der Waals surface area contributed by atoms with E-state index in [1.807, 2.05) is 24.3 Å². The molecule has 3 rings (SSSR count). The van der Waals surface area contributed by atoms with Crippen molar-refractivity contribution in [2.75, 3.05) is 7.11 Å². The van der Waals surface area contributed by atoms with Crippen molar-refractivity contribution in [2.24, 2.45) is 0 Å². The average Bonchev–Trinajstić information content (AvgIpc) is 2.45. The summed E-state index contributed by atoms with van der Waals surface area (Å²) < 4.78 is 5.22. The molecule has 0 fully saturated rings. The SMILES string of the molecule is COc1ccc2cc([N+](=O)[O-])c3ccccc3c2c1. The van der Waals surface area contributed by atoms with Gasteiger partial charge in [0.15, 0.2) is 0 Å². The second-order valence-electron chi connectivity index (χ2n) is 4.29. The van der Waals surface area contributed by atoms with Gasteiger partial charge in [0.05, 0.1) is 17.4 Å². The number of nitro benzene ring substituents is 1. The Balaban J connectivity index is 2.50. The van der Waals surface area contributed by atoms with Gasteiger partial charge in [-0.2, -0.15) is 0 Å². The van der Waals surface area contributed by atoms with Crippen molar-refractivity contribution >= 4 is 27.2 Å². The molecule has 0 aliphatic heterocycles. The summed E-state index contributed by atoms with van der Waals surface area (Å²) in [5.74, 6) is 0.742. The van der Waals surface area contributed by atoms with Gasteiger partial charge in [0.25, 0.3) is 5.69 Å². The molecule has 0 atom stereocenters. The zero-order chi connectivity index (χ0) is 13.4. The molecule has 0 N–H and O–H groups in total. The van der Waals surface area contributed by atoms with E-state index >= 15 is 0 Å². The summed E-state index contributed by atoms with van der Waals surface area (Å²) in [6.45, 7) is 0. The first-order valence-electron chi connectivity index (χ1n) is 5.84. The monoisotopic (exact) mass is 253 g/mol. The normalized spacial score (nSPS) is 10.8. The van der Waals surface area contributed by atoms with E-state index in [1.165, 1.54) is 0 Å². The highest BCUT2D eigenvalue weighted by atomic mass is 16.6. The number of ether oxygens (including phenoxy) is 1. The van der Waals surface area contributed by atoms with Gasteiger partial charge in [-0.15, -0.1) is 0 Å². The van der Waals surface area contributed by atoms with Gasteiger partial charge in [0.1, 0.15) is 5.75 Å². The maximum absolute atomic E-state index is 11.2. The Bertz CT molecular complexity index is 796. The highest BCUT2D eigenvalue weighted by Crippen LogP contribution is 2.34. The Labute approximate surface area is 109 Å². The van der Waals surface area contributed by atoms with Gasteiger partial charge in [-0.05, 0) is 34.4 Å². The van der Waals surface area contributed by atoms with Gasteiger partial charge in [0.2, 0.25) is 0 Å². The van der Waals surface area contributed by atoms with Crippen LogP contribution in [-0.4, -0.2) is 12.0 Å². The smallest absolute Gasteiger partial charge is 0.277 e. The van der Waals surface area contributed by atoms with Gasteiger partial charge in [-0.1, -0.05) is 24.3 Å². The van der Waals surface area contributed by atoms with Crippen molar-refractivity contribution < 1.29 is 9.66 Å². The van der Waals surface area contributed by atoms with E-state index in [0.29, 0.717) is 5.39 Å². The van der Waals surface area contributed by atoms with Gasteiger partial charge in [-0.25, -0.2) is 0 Å². The third kappa shape index (κ3) is 1.78. The average molecular weight is 253 g/mol. The quantitative estimate of drug-likeness (QED) is 0.395. The van der Waals surface area contributed by atoms with Crippen LogP contribution in [0, 0.1) is 10.1 Å². The number of nitro groups is 1. The van der Waals surface area contributed by atoms with Gasteiger partial charge >= 0.3 is 0 Å². The van der Waals surface area contributed by atoms with Crippen LogP contribution in [0.4, 0.5) is 5.69 Å². The zero-order valence-electron chi connectivity index (χ0n) is 10.3. The molecule has 19 heavy (non-hydrogen) atoms. The van der Waals surface area contributed by atoms with Crippen molar-refractivity contribution in [3.05, 3.63) is 58.6 Å². The minimum Gasteiger partial charge on any atom is -0.497 e. The number of methoxy groups -OCH3 is 1. The molecule has 0 aliphatic rings. The third-order valence-corrected chi connectivity index (χ3v) is 3.24. The second-order valence-corrected chi connectivity index (χ2v) is 4.29. The molecule has 3 aromatic rings. The number of rotatable bonds is 2. The van der Waals surface area contributed by atoms with E-state index in [4.69, 9.17) is 4.74 Å². The predicted octanol–water partition coefficient (Wildman–Crippen LogP) is 3.91. The van der Waals surface area contributed by atoms with Crippen molar-refractivity contribution in [2.45, 2.75) is 0 Å². The lowest BCUT2D eigenvalue weighted by molar-refractivity contribution is -0.382. The summed E-state index contributed by atoms with van der Waals surface area (Å²) in [6, 6.07) is 14.5. The van der Waals surface area contributed by atoms with Gasteiger partial charge in [-0.3, -0.25) is 10.1 Å². The standard InChI is InChI=1S/C15H11NO3/c1-19-11-7-6-10-8-15(16(17)18)13-5-3-2-4-12(13)14(10)9-11/h2-9H,1H3. The van der Waals surface area contributed by atoms with E-state index in [1.54, 1.807) is 31.4 Å². The van der Waals surface area contributed by atoms with Crippen LogP contribution < -0.4 is 4.74 Å².